The molecule has 0 bridgehead atoms. The van der Waals surface area contributed by atoms with Crippen molar-refractivity contribution in [1.82, 2.24) is 15.5 Å². The van der Waals surface area contributed by atoms with Gasteiger partial charge in [-0.15, -0.1) is 0 Å². The normalized spacial score (nSPS) is 11.9. The summed E-state index contributed by atoms with van der Waals surface area (Å²) in [6, 6.07) is 8.55. The highest BCUT2D eigenvalue weighted by molar-refractivity contribution is 5.87. The number of nitrogens with one attached hydrogen (secondary N) is 2. The number of amides is 3. The molecule has 0 saturated heterocycles. The van der Waals surface area contributed by atoms with Crippen molar-refractivity contribution in [2.45, 2.75) is 26.3 Å². The topological polar surface area (TPSA) is 81.7 Å². The van der Waals surface area contributed by atoms with Crippen molar-refractivity contribution < 1.29 is 14.7 Å². The van der Waals surface area contributed by atoms with E-state index in [1.165, 1.54) is 4.90 Å². The molecule has 6 nitrogen and oxygen atoms in total. The maximum Gasteiger partial charge on any atom is 0.318 e. The lowest BCUT2D eigenvalue weighted by Crippen LogP contribution is -2.52. The molecule has 0 aliphatic heterocycles. The predicted molar refractivity (Wildman–Crippen MR) is 90.0 cm³/mol. The van der Waals surface area contributed by atoms with Crippen molar-refractivity contribution in [2.24, 2.45) is 5.92 Å². The molecule has 0 heterocycles. The van der Waals surface area contributed by atoms with Crippen LogP contribution in [-0.2, 0) is 11.2 Å². The first-order valence-corrected chi connectivity index (χ1v) is 7.89. The molecule has 6 heteroatoms. The Morgan fingerprint density at radius 3 is 2.39 bits per heavy atom. The second kappa shape index (κ2) is 9.84. The number of hydrogen-bond acceptors (Lipinski definition) is 3. The summed E-state index contributed by atoms with van der Waals surface area (Å²) in [5, 5.41) is 14.5. The number of nitrogens with zero attached hydrogens (tertiary/aromatic N) is 1. The number of aliphatic hydroxyl groups excluding tert-OH is 1. The molecule has 1 aromatic rings. The summed E-state index contributed by atoms with van der Waals surface area (Å²) >= 11 is 0. The Bertz CT molecular complexity index is 491. The maximum atomic E-state index is 12.4. The fourth-order valence-electron chi connectivity index (χ4n) is 2.31. The second-order valence-corrected chi connectivity index (χ2v) is 5.87. The SMILES string of the molecule is CNC(=O)[C@H](Cc1ccccc1)NC(=O)N(CCO)CC(C)C. The number of carbonyl (C=O) groups is 2. The molecular weight excluding hydrogens is 294 g/mol. The molecule has 1 aromatic carbocycles. The van der Waals surface area contributed by atoms with Gasteiger partial charge in [0.05, 0.1) is 6.61 Å². The fraction of sp³-hybridized carbons (Fsp3) is 0.529. The first-order valence-electron chi connectivity index (χ1n) is 7.89. The molecule has 0 saturated carbocycles. The van der Waals surface area contributed by atoms with Crippen LogP contribution in [0.25, 0.3) is 0 Å². The van der Waals surface area contributed by atoms with Gasteiger partial charge < -0.3 is 20.6 Å². The van der Waals surface area contributed by atoms with Crippen LogP contribution in [0.3, 0.4) is 0 Å². The molecule has 0 unspecified atom stereocenters. The first-order chi connectivity index (χ1) is 11.0. The fourth-order valence-corrected chi connectivity index (χ4v) is 2.31. The van der Waals surface area contributed by atoms with Gasteiger partial charge in [0.15, 0.2) is 0 Å². The third kappa shape index (κ3) is 6.69. The standard InChI is InChI=1S/C17H27N3O3/c1-13(2)12-20(9-10-21)17(23)19-15(16(22)18-3)11-14-7-5-4-6-8-14/h4-8,13,15,21H,9-12H2,1-3H3,(H,18,22)(H,19,23)/t15-/m0/s1. The molecule has 0 aliphatic rings. The smallest absolute Gasteiger partial charge is 0.318 e. The van der Waals surface area contributed by atoms with Gasteiger partial charge in [-0.2, -0.15) is 0 Å². The van der Waals surface area contributed by atoms with Crippen LogP contribution in [0.5, 0.6) is 0 Å². The van der Waals surface area contributed by atoms with Crippen LogP contribution in [0.15, 0.2) is 30.3 Å². The zero-order chi connectivity index (χ0) is 17.2. The van der Waals surface area contributed by atoms with Gasteiger partial charge in [0.1, 0.15) is 6.04 Å². The molecule has 3 N–H and O–H groups in total. The highest BCUT2D eigenvalue weighted by atomic mass is 16.3. The maximum absolute atomic E-state index is 12.4. The Kier molecular flexibility index (Phi) is 8.11. The monoisotopic (exact) mass is 321 g/mol. The minimum atomic E-state index is -0.650. The lowest BCUT2D eigenvalue weighted by atomic mass is 10.1. The van der Waals surface area contributed by atoms with Crippen molar-refractivity contribution in [1.29, 1.82) is 0 Å². The van der Waals surface area contributed by atoms with E-state index in [2.05, 4.69) is 10.6 Å². The van der Waals surface area contributed by atoms with Crippen molar-refractivity contribution in [2.75, 3.05) is 26.7 Å². The van der Waals surface area contributed by atoms with Gasteiger partial charge in [0.25, 0.3) is 0 Å². The van der Waals surface area contributed by atoms with Crippen LogP contribution >= 0.6 is 0 Å². The molecule has 128 valence electrons. The molecule has 0 aromatic heterocycles. The van der Waals surface area contributed by atoms with Gasteiger partial charge in [0.2, 0.25) is 5.91 Å². The van der Waals surface area contributed by atoms with Gasteiger partial charge in [-0.05, 0) is 11.5 Å². The largest absolute Gasteiger partial charge is 0.395 e. The number of benzene rings is 1. The van der Waals surface area contributed by atoms with Crippen LogP contribution in [0.2, 0.25) is 0 Å². The van der Waals surface area contributed by atoms with Gasteiger partial charge >= 0.3 is 6.03 Å². The highest BCUT2D eigenvalue weighted by Crippen LogP contribution is 2.05. The Labute approximate surface area is 137 Å². The summed E-state index contributed by atoms with van der Waals surface area (Å²) in [5.41, 5.74) is 0.971. The van der Waals surface area contributed by atoms with E-state index >= 15 is 0 Å². The lowest BCUT2D eigenvalue weighted by molar-refractivity contribution is -0.122. The van der Waals surface area contributed by atoms with Crippen LogP contribution in [0, 0.1) is 5.92 Å². The lowest BCUT2D eigenvalue weighted by Gasteiger charge is -2.27. The predicted octanol–water partition coefficient (Wildman–Crippen LogP) is 1.00. The van der Waals surface area contributed by atoms with Crippen LogP contribution in [0.1, 0.15) is 19.4 Å². The van der Waals surface area contributed by atoms with E-state index in [0.717, 1.165) is 5.56 Å². The number of hydrogen-bond donors (Lipinski definition) is 3. The highest BCUT2D eigenvalue weighted by Gasteiger charge is 2.23. The van der Waals surface area contributed by atoms with E-state index in [1.807, 2.05) is 44.2 Å². The third-order valence-corrected chi connectivity index (χ3v) is 3.39. The Hall–Kier alpha value is -2.08. The molecule has 23 heavy (non-hydrogen) atoms. The van der Waals surface area contributed by atoms with E-state index < -0.39 is 6.04 Å². The molecule has 0 aliphatic carbocycles. The van der Waals surface area contributed by atoms with Gasteiger partial charge in [-0.3, -0.25) is 4.79 Å². The number of rotatable bonds is 8. The van der Waals surface area contributed by atoms with Gasteiger partial charge in [0, 0.05) is 26.6 Å². The minimum absolute atomic E-state index is 0.108. The zero-order valence-electron chi connectivity index (χ0n) is 14.1. The van der Waals surface area contributed by atoms with Gasteiger partial charge in [-0.25, -0.2) is 4.79 Å². The number of likely N-dealkylation sites (N-methyl/N-ethyl adjacent to an activating group) is 1. The summed E-state index contributed by atoms with van der Waals surface area (Å²) in [7, 11) is 1.55. The Morgan fingerprint density at radius 2 is 1.87 bits per heavy atom. The molecule has 0 fully saturated rings. The van der Waals surface area contributed by atoms with Crippen molar-refractivity contribution in [3.8, 4) is 0 Å². The Balaban J connectivity index is 2.78. The summed E-state index contributed by atoms with van der Waals surface area (Å²) in [5.74, 6) is 0.0376. The Morgan fingerprint density at radius 1 is 1.22 bits per heavy atom. The van der Waals surface area contributed by atoms with E-state index in [-0.39, 0.29) is 31.0 Å². The molecular formula is C17H27N3O3. The summed E-state index contributed by atoms with van der Waals surface area (Å²) in [6.07, 6.45) is 0.418. The average Bonchev–Trinajstić information content (AvgIpc) is 2.53. The number of urea groups is 1. The summed E-state index contributed by atoms with van der Waals surface area (Å²) in [4.78, 5) is 26.0. The first kappa shape index (κ1) is 19.0. The average molecular weight is 321 g/mol. The van der Waals surface area contributed by atoms with Crippen molar-refractivity contribution in [3.63, 3.8) is 0 Å². The minimum Gasteiger partial charge on any atom is -0.395 e. The van der Waals surface area contributed by atoms with Crippen molar-refractivity contribution in [3.05, 3.63) is 35.9 Å². The van der Waals surface area contributed by atoms with E-state index in [9.17, 15) is 9.59 Å². The molecule has 0 spiro atoms. The number of aliphatic hydroxyl groups is 1. The zero-order valence-corrected chi connectivity index (χ0v) is 14.1. The molecule has 0 radical (unpaired) electrons. The summed E-state index contributed by atoms with van der Waals surface area (Å²) in [6.45, 7) is 4.66. The summed E-state index contributed by atoms with van der Waals surface area (Å²) < 4.78 is 0. The van der Waals surface area contributed by atoms with Crippen LogP contribution in [0.4, 0.5) is 4.79 Å². The quantitative estimate of drug-likeness (QED) is 0.668. The van der Waals surface area contributed by atoms with Crippen molar-refractivity contribution >= 4 is 11.9 Å². The molecule has 3 amide bonds. The van der Waals surface area contributed by atoms with E-state index in [0.29, 0.717) is 13.0 Å². The van der Waals surface area contributed by atoms with E-state index in [4.69, 9.17) is 5.11 Å². The van der Waals surface area contributed by atoms with E-state index in [1.54, 1.807) is 7.05 Å². The van der Waals surface area contributed by atoms with Crippen LogP contribution in [-0.4, -0.2) is 54.7 Å². The van der Waals surface area contributed by atoms with Gasteiger partial charge in [-0.1, -0.05) is 44.2 Å². The third-order valence-electron chi connectivity index (χ3n) is 3.39. The molecule has 1 rings (SSSR count). The van der Waals surface area contributed by atoms with Crippen LogP contribution < -0.4 is 10.6 Å². The second-order valence-electron chi connectivity index (χ2n) is 5.87. The number of carbonyl (C=O) groups excluding carboxylic acids is 2. The molecule has 1 atom stereocenters.